The lowest BCUT2D eigenvalue weighted by atomic mass is 10.1. The zero-order valence-corrected chi connectivity index (χ0v) is 14.9. The minimum atomic E-state index is 0.904. The maximum Gasteiger partial charge on any atom is 0.214 e. The number of benzene rings is 2. The Morgan fingerprint density at radius 1 is 0.917 bits per heavy atom. The molecule has 0 aliphatic heterocycles. The normalized spacial score (nSPS) is 10.8. The molecule has 0 unspecified atom stereocenters. The summed E-state index contributed by atoms with van der Waals surface area (Å²) >= 11 is 0. The van der Waals surface area contributed by atoms with Gasteiger partial charge in [0.25, 0.3) is 0 Å². The number of hydrogen-bond donors (Lipinski definition) is 0. The molecule has 0 radical (unpaired) electrons. The second kappa shape index (κ2) is 6.91. The second-order valence-corrected chi connectivity index (χ2v) is 6.11. The number of nitrogens with zero attached hydrogens (tertiary/aromatic N) is 2. The quantitative estimate of drug-likeness (QED) is 0.677. The summed E-state index contributed by atoms with van der Waals surface area (Å²) in [5, 5.41) is 2.39. The van der Waals surface area contributed by atoms with Gasteiger partial charge in [0, 0.05) is 25.3 Å². The van der Waals surface area contributed by atoms with Crippen molar-refractivity contribution in [2.45, 2.75) is 13.8 Å². The number of para-hydroxylation sites is 1. The van der Waals surface area contributed by atoms with Crippen LogP contribution in [0.25, 0.3) is 22.3 Å². The van der Waals surface area contributed by atoms with Gasteiger partial charge in [-0.25, -0.2) is 4.58 Å². The molecule has 0 saturated heterocycles. The summed E-state index contributed by atoms with van der Waals surface area (Å²) in [6.07, 6.45) is 0. The Morgan fingerprint density at radius 3 is 2.21 bits per heavy atom. The van der Waals surface area contributed by atoms with Gasteiger partial charge in [-0.1, -0.05) is 12.1 Å². The average molecular weight is 321 g/mol. The van der Waals surface area contributed by atoms with Gasteiger partial charge in [0.15, 0.2) is 0 Å². The molecule has 1 aromatic heterocycles. The molecule has 0 atom stereocenters. The summed E-state index contributed by atoms with van der Waals surface area (Å²) < 4.78 is 8.56. The van der Waals surface area contributed by atoms with Gasteiger partial charge >= 0.3 is 0 Å². The molecule has 3 rings (SSSR count). The molecule has 1 heterocycles. The van der Waals surface area contributed by atoms with Crippen molar-refractivity contribution in [2.75, 3.05) is 32.1 Å². The van der Waals surface area contributed by atoms with E-state index in [0.29, 0.717) is 0 Å². The highest BCUT2D eigenvalue weighted by Gasteiger charge is 2.11. The Morgan fingerprint density at radius 2 is 1.58 bits per heavy atom. The summed E-state index contributed by atoms with van der Waals surface area (Å²) in [6.45, 7) is 6.33. The van der Waals surface area contributed by atoms with Gasteiger partial charge in [0.2, 0.25) is 5.36 Å². The topological polar surface area (TPSA) is 19.4 Å². The van der Waals surface area contributed by atoms with Crippen LogP contribution >= 0.6 is 0 Å². The standard InChI is InChI=1S/C21H25N2O/c1-5-23(6-2)19-15-21(24-20-10-8-7-9-18(19)20)16-11-13-17(14-12-16)22(3)4/h7-15H,5-6H2,1-4H3/q+1. The Balaban J connectivity index is 2.24. The molecule has 3 nitrogen and oxygen atoms in total. The second-order valence-electron chi connectivity index (χ2n) is 6.11. The maximum absolute atomic E-state index is 6.19. The van der Waals surface area contributed by atoms with Gasteiger partial charge in [0.1, 0.15) is 24.4 Å². The summed E-state index contributed by atoms with van der Waals surface area (Å²) in [6, 6.07) is 18.9. The van der Waals surface area contributed by atoms with E-state index in [1.807, 2.05) is 26.2 Å². The van der Waals surface area contributed by atoms with Crippen LogP contribution in [0.1, 0.15) is 13.8 Å². The van der Waals surface area contributed by atoms with Crippen LogP contribution in [0, 0.1) is 0 Å². The van der Waals surface area contributed by atoms with E-state index >= 15 is 0 Å². The SMILES string of the molecule is CC[N+](CC)=c1cc(-c2ccc(N(C)C)cc2)oc2ccccc12. The molecule has 0 N–H and O–H groups in total. The smallest absolute Gasteiger partial charge is 0.214 e. The zero-order valence-electron chi connectivity index (χ0n) is 14.9. The molecule has 0 aliphatic rings. The number of fused-ring (bicyclic) bond motifs is 1. The van der Waals surface area contributed by atoms with Crippen LogP contribution in [0.5, 0.6) is 0 Å². The van der Waals surface area contributed by atoms with E-state index in [2.05, 4.69) is 65.8 Å². The molecule has 24 heavy (non-hydrogen) atoms. The Bertz CT molecular complexity index is 899. The molecule has 3 heteroatoms. The van der Waals surface area contributed by atoms with Gasteiger partial charge in [-0.15, -0.1) is 0 Å². The van der Waals surface area contributed by atoms with E-state index in [4.69, 9.17) is 4.42 Å². The molecule has 0 amide bonds. The zero-order chi connectivity index (χ0) is 17.1. The van der Waals surface area contributed by atoms with Crippen molar-refractivity contribution < 1.29 is 4.42 Å². The monoisotopic (exact) mass is 321 g/mol. The van der Waals surface area contributed by atoms with E-state index in [-0.39, 0.29) is 0 Å². The van der Waals surface area contributed by atoms with Crippen LogP contribution in [0.15, 0.2) is 59.0 Å². The van der Waals surface area contributed by atoms with Crippen LogP contribution < -0.4 is 14.8 Å². The van der Waals surface area contributed by atoms with Crippen molar-refractivity contribution in [3.05, 3.63) is 60.0 Å². The number of rotatable bonds is 4. The molecule has 0 fully saturated rings. The van der Waals surface area contributed by atoms with E-state index in [1.165, 1.54) is 11.0 Å². The van der Waals surface area contributed by atoms with Gasteiger partial charge in [-0.3, -0.25) is 0 Å². The lowest BCUT2D eigenvalue weighted by Gasteiger charge is -2.12. The summed E-state index contributed by atoms with van der Waals surface area (Å²) in [4.78, 5) is 2.10. The van der Waals surface area contributed by atoms with Gasteiger partial charge < -0.3 is 9.32 Å². The summed E-state index contributed by atoms with van der Waals surface area (Å²) in [5.74, 6) is 0.904. The first kappa shape index (κ1) is 16.3. The third kappa shape index (κ3) is 3.07. The largest absolute Gasteiger partial charge is 0.456 e. The van der Waals surface area contributed by atoms with Crippen LogP contribution in [0.3, 0.4) is 0 Å². The van der Waals surface area contributed by atoms with Crippen molar-refractivity contribution in [2.24, 2.45) is 0 Å². The minimum Gasteiger partial charge on any atom is -0.456 e. The molecule has 3 aromatic rings. The van der Waals surface area contributed by atoms with Crippen molar-refractivity contribution in [1.82, 2.24) is 4.58 Å². The van der Waals surface area contributed by atoms with E-state index in [0.717, 1.165) is 35.4 Å². The lowest BCUT2D eigenvalue weighted by molar-refractivity contribution is 0.599. The van der Waals surface area contributed by atoms with E-state index < -0.39 is 0 Å². The average Bonchev–Trinajstić information content (AvgIpc) is 2.62. The molecule has 0 saturated carbocycles. The Hall–Kier alpha value is -2.55. The molecule has 0 spiro atoms. The van der Waals surface area contributed by atoms with Crippen LogP contribution in [0.4, 0.5) is 5.69 Å². The highest BCUT2D eigenvalue weighted by Crippen LogP contribution is 2.24. The minimum absolute atomic E-state index is 0.904. The molecular weight excluding hydrogens is 296 g/mol. The molecule has 0 bridgehead atoms. The van der Waals surface area contributed by atoms with Gasteiger partial charge in [-0.2, -0.15) is 0 Å². The predicted octanol–water partition coefficient (Wildman–Crippen LogP) is 3.98. The Labute approximate surface area is 143 Å². The van der Waals surface area contributed by atoms with Crippen LogP contribution in [-0.2, 0) is 0 Å². The molecular formula is C21H25N2O+. The first-order chi connectivity index (χ1) is 11.6. The third-order valence-electron chi connectivity index (χ3n) is 4.42. The van der Waals surface area contributed by atoms with E-state index in [1.54, 1.807) is 0 Å². The molecule has 2 aromatic carbocycles. The van der Waals surface area contributed by atoms with Crippen LogP contribution in [0.2, 0.25) is 0 Å². The fourth-order valence-electron chi connectivity index (χ4n) is 3.01. The van der Waals surface area contributed by atoms with Crippen molar-refractivity contribution in [1.29, 1.82) is 0 Å². The summed E-state index contributed by atoms with van der Waals surface area (Å²) in [7, 11) is 4.10. The van der Waals surface area contributed by atoms with Crippen molar-refractivity contribution >= 4 is 16.7 Å². The lowest BCUT2D eigenvalue weighted by Crippen LogP contribution is -2.30. The molecule has 124 valence electrons. The van der Waals surface area contributed by atoms with Gasteiger partial charge in [0.05, 0.1) is 11.5 Å². The van der Waals surface area contributed by atoms with Crippen LogP contribution in [-0.4, -0.2) is 27.2 Å². The number of anilines is 1. The molecule has 0 aliphatic carbocycles. The highest BCUT2D eigenvalue weighted by atomic mass is 16.3. The van der Waals surface area contributed by atoms with Gasteiger partial charge in [-0.05, 0) is 50.2 Å². The Kier molecular flexibility index (Phi) is 4.70. The fourth-order valence-corrected chi connectivity index (χ4v) is 3.01. The first-order valence-corrected chi connectivity index (χ1v) is 8.52. The van der Waals surface area contributed by atoms with E-state index in [9.17, 15) is 0 Å². The van der Waals surface area contributed by atoms with Crippen molar-refractivity contribution in [3.8, 4) is 11.3 Å². The van der Waals surface area contributed by atoms with Crippen molar-refractivity contribution in [3.63, 3.8) is 0 Å². The fraction of sp³-hybridized carbons (Fsp3) is 0.286. The predicted molar refractivity (Wildman–Crippen MR) is 102 cm³/mol. The number of hydrogen-bond acceptors (Lipinski definition) is 2. The summed E-state index contributed by atoms with van der Waals surface area (Å²) in [5.41, 5.74) is 3.21. The third-order valence-corrected chi connectivity index (χ3v) is 4.42. The highest BCUT2D eigenvalue weighted by molar-refractivity contribution is 5.78. The first-order valence-electron chi connectivity index (χ1n) is 8.52. The maximum atomic E-state index is 6.19.